The lowest BCUT2D eigenvalue weighted by Crippen LogP contribution is -2.27. The summed E-state index contributed by atoms with van der Waals surface area (Å²) in [5.74, 6) is -0.208. The van der Waals surface area contributed by atoms with Crippen molar-refractivity contribution in [3.05, 3.63) is 29.8 Å². The Kier molecular flexibility index (Phi) is 6.50. The first-order valence-electron chi connectivity index (χ1n) is 7.65. The van der Waals surface area contributed by atoms with Gasteiger partial charge in [-0.2, -0.15) is 0 Å². The van der Waals surface area contributed by atoms with E-state index in [1.165, 1.54) is 38.9 Å². The van der Waals surface area contributed by atoms with Gasteiger partial charge in [-0.25, -0.2) is 4.79 Å². The standard InChI is InChI=1S/C16H24N2O3/c19-16(20)14-4-6-15(7-5-14)21-13-9-17-8-3-12-18-10-1-2-11-18/h4-7,17H,1-3,8-13H2,(H,19,20). The van der Waals surface area contributed by atoms with Crippen LogP contribution in [-0.4, -0.2) is 55.3 Å². The molecule has 1 heterocycles. The fourth-order valence-electron chi connectivity index (χ4n) is 2.49. The minimum Gasteiger partial charge on any atom is -0.492 e. The molecular formula is C16H24N2O3. The molecule has 1 aromatic carbocycles. The van der Waals surface area contributed by atoms with E-state index >= 15 is 0 Å². The molecule has 0 unspecified atom stereocenters. The van der Waals surface area contributed by atoms with Crippen molar-refractivity contribution in [1.29, 1.82) is 0 Å². The highest BCUT2D eigenvalue weighted by molar-refractivity contribution is 5.87. The lowest BCUT2D eigenvalue weighted by Gasteiger charge is -2.14. The van der Waals surface area contributed by atoms with E-state index in [1.54, 1.807) is 24.3 Å². The zero-order valence-corrected chi connectivity index (χ0v) is 12.4. The van der Waals surface area contributed by atoms with E-state index in [1.807, 2.05) is 0 Å². The largest absolute Gasteiger partial charge is 0.492 e. The summed E-state index contributed by atoms with van der Waals surface area (Å²) in [7, 11) is 0. The molecule has 2 N–H and O–H groups in total. The lowest BCUT2D eigenvalue weighted by molar-refractivity contribution is 0.0697. The first kappa shape index (κ1) is 15.8. The number of likely N-dealkylation sites (tertiary alicyclic amines) is 1. The quantitative estimate of drug-likeness (QED) is 0.680. The van der Waals surface area contributed by atoms with Crippen LogP contribution in [0.2, 0.25) is 0 Å². The molecular weight excluding hydrogens is 268 g/mol. The van der Waals surface area contributed by atoms with Crippen LogP contribution in [-0.2, 0) is 0 Å². The second-order valence-electron chi connectivity index (χ2n) is 5.33. The van der Waals surface area contributed by atoms with Crippen LogP contribution in [0.5, 0.6) is 5.75 Å². The van der Waals surface area contributed by atoms with Crippen LogP contribution in [0.25, 0.3) is 0 Å². The van der Waals surface area contributed by atoms with Gasteiger partial charge >= 0.3 is 5.97 Å². The molecule has 5 heteroatoms. The second kappa shape index (κ2) is 8.64. The summed E-state index contributed by atoms with van der Waals surface area (Å²) in [5.41, 5.74) is 0.280. The smallest absolute Gasteiger partial charge is 0.335 e. The maximum Gasteiger partial charge on any atom is 0.335 e. The third-order valence-corrected chi connectivity index (χ3v) is 3.68. The van der Waals surface area contributed by atoms with Crippen molar-refractivity contribution >= 4 is 5.97 Å². The summed E-state index contributed by atoms with van der Waals surface area (Å²) in [6, 6.07) is 6.50. The Morgan fingerprint density at radius 2 is 1.90 bits per heavy atom. The van der Waals surface area contributed by atoms with Crippen molar-refractivity contribution < 1.29 is 14.6 Å². The molecule has 0 aromatic heterocycles. The van der Waals surface area contributed by atoms with Crippen LogP contribution in [0.1, 0.15) is 29.6 Å². The molecule has 21 heavy (non-hydrogen) atoms. The third kappa shape index (κ3) is 5.73. The number of nitrogens with one attached hydrogen (secondary N) is 1. The highest BCUT2D eigenvalue weighted by Crippen LogP contribution is 2.11. The van der Waals surface area contributed by atoms with Crippen LogP contribution in [0.15, 0.2) is 24.3 Å². The van der Waals surface area contributed by atoms with Crippen molar-refractivity contribution in [3.8, 4) is 5.75 Å². The second-order valence-corrected chi connectivity index (χ2v) is 5.33. The molecule has 0 aliphatic carbocycles. The average molecular weight is 292 g/mol. The Morgan fingerprint density at radius 1 is 1.19 bits per heavy atom. The van der Waals surface area contributed by atoms with Crippen molar-refractivity contribution in [2.45, 2.75) is 19.3 Å². The van der Waals surface area contributed by atoms with Gasteiger partial charge in [-0.15, -0.1) is 0 Å². The number of carbonyl (C=O) groups is 1. The third-order valence-electron chi connectivity index (χ3n) is 3.68. The Labute approximate surface area is 125 Å². The number of hydrogen-bond acceptors (Lipinski definition) is 4. The van der Waals surface area contributed by atoms with Crippen LogP contribution in [0.4, 0.5) is 0 Å². The van der Waals surface area contributed by atoms with Gasteiger partial charge in [0.25, 0.3) is 0 Å². The molecule has 116 valence electrons. The first-order chi connectivity index (χ1) is 10.3. The topological polar surface area (TPSA) is 61.8 Å². The van der Waals surface area contributed by atoms with Crippen LogP contribution >= 0.6 is 0 Å². The number of carboxylic acids is 1. The summed E-state index contributed by atoms with van der Waals surface area (Å²) in [4.78, 5) is 13.2. The van der Waals surface area contributed by atoms with E-state index in [4.69, 9.17) is 9.84 Å². The monoisotopic (exact) mass is 292 g/mol. The van der Waals surface area contributed by atoms with Crippen LogP contribution in [0, 0.1) is 0 Å². The molecule has 0 bridgehead atoms. The number of nitrogens with zero attached hydrogens (tertiary/aromatic N) is 1. The average Bonchev–Trinajstić information content (AvgIpc) is 3.00. The predicted molar refractivity (Wildman–Crippen MR) is 82.1 cm³/mol. The number of carboxylic acid groups (broad SMARTS) is 1. The van der Waals surface area contributed by atoms with Gasteiger partial charge in [0, 0.05) is 6.54 Å². The van der Waals surface area contributed by atoms with E-state index < -0.39 is 5.97 Å². The Balaban J connectivity index is 1.50. The maximum absolute atomic E-state index is 10.7. The Bertz CT molecular complexity index is 428. The van der Waals surface area contributed by atoms with E-state index in [2.05, 4.69) is 10.2 Å². The first-order valence-corrected chi connectivity index (χ1v) is 7.65. The number of benzene rings is 1. The molecule has 0 spiro atoms. The molecule has 5 nitrogen and oxygen atoms in total. The van der Waals surface area contributed by atoms with Crippen molar-refractivity contribution in [2.75, 3.05) is 39.3 Å². The SMILES string of the molecule is O=C(O)c1ccc(OCCNCCCN2CCCC2)cc1. The Morgan fingerprint density at radius 3 is 2.57 bits per heavy atom. The Hall–Kier alpha value is -1.59. The summed E-state index contributed by atoms with van der Waals surface area (Å²) in [6.07, 6.45) is 3.87. The van der Waals surface area contributed by atoms with Gasteiger partial charge in [-0.05, 0) is 69.7 Å². The predicted octanol–water partition coefficient (Wildman–Crippen LogP) is 1.84. The fraction of sp³-hybridized carbons (Fsp3) is 0.562. The van der Waals surface area contributed by atoms with E-state index in [-0.39, 0.29) is 5.56 Å². The molecule has 1 aliphatic rings. The van der Waals surface area contributed by atoms with Gasteiger partial charge in [0.15, 0.2) is 0 Å². The van der Waals surface area contributed by atoms with Gasteiger partial charge in [0.05, 0.1) is 5.56 Å². The van der Waals surface area contributed by atoms with E-state index in [0.717, 1.165) is 13.1 Å². The lowest BCUT2D eigenvalue weighted by atomic mass is 10.2. The van der Waals surface area contributed by atoms with Gasteiger partial charge in [-0.1, -0.05) is 0 Å². The summed E-state index contributed by atoms with van der Waals surface area (Å²) in [6.45, 7) is 6.12. The maximum atomic E-state index is 10.7. The minimum absolute atomic E-state index is 0.280. The molecule has 0 amide bonds. The molecule has 0 radical (unpaired) electrons. The summed E-state index contributed by atoms with van der Waals surface area (Å²) >= 11 is 0. The summed E-state index contributed by atoms with van der Waals surface area (Å²) < 4.78 is 5.55. The molecule has 1 saturated heterocycles. The van der Waals surface area contributed by atoms with Gasteiger partial charge in [0.1, 0.15) is 12.4 Å². The molecule has 0 atom stereocenters. The van der Waals surface area contributed by atoms with Gasteiger partial charge < -0.3 is 20.1 Å². The summed E-state index contributed by atoms with van der Waals surface area (Å²) in [5, 5.41) is 12.2. The zero-order chi connectivity index (χ0) is 14.9. The normalized spacial score (nSPS) is 15.2. The van der Waals surface area contributed by atoms with Gasteiger partial charge in [-0.3, -0.25) is 0 Å². The van der Waals surface area contributed by atoms with Crippen LogP contribution < -0.4 is 10.1 Å². The van der Waals surface area contributed by atoms with Crippen molar-refractivity contribution in [1.82, 2.24) is 10.2 Å². The van der Waals surface area contributed by atoms with Gasteiger partial charge in [0.2, 0.25) is 0 Å². The number of hydrogen-bond donors (Lipinski definition) is 2. The highest BCUT2D eigenvalue weighted by Gasteiger charge is 2.09. The molecule has 1 aromatic rings. The number of rotatable bonds is 9. The van der Waals surface area contributed by atoms with Crippen molar-refractivity contribution in [3.63, 3.8) is 0 Å². The van der Waals surface area contributed by atoms with Crippen LogP contribution in [0.3, 0.4) is 0 Å². The highest BCUT2D eigenvalue weighted by atomic mass is 16.5. The molecule has 0 saturated carbocycles. The molecule has 1 aliphatic heterocycles. The molecule has 2 rings (SSSR count). The van der Waals surface area contributed by atoms with E-state index in [9.17, 15) is 4.79 Å². The fourth-order valence-corrected chi connectivity index (χ4v) is 2.49. The molecule has 1 fully saturated rings. The number of aromatic carboxylic acids is 1. The van der Waals surface area contributed by atoms with E-state index in [0.29, 0.717) is 12.4 Å². The zero-order valence-electron chi connectivity index (χ0n) is 12.4. The van der Waals surface area contributed by atoms with Crippen molar-refractivity contribution in [2.24, 2.45) is 0 Å². The number of ether oxygens (including phenoxy) is 1. The minimum atomic E-state index is -0.916.